The number of benzene rings is 1. The van der Waals surface area contributed by atoms with Gasteiger partial charge in [0.1, 0.15) is 0 Å². The number of carbonyl (C=O) groups excluding carboxylic acids is 2. The first kappa shape index (κ1) is 12.8. The summed E-state index contributed by atoms with van der Waals surface area (Å²) in [5, 5.41) is 2.39. The highest BCUT2D eigenvalue weighted by atomic mass is 16.5. The summed E-state index contributed by atoms with van der Waals surface area (Å²) >= 11 is 0. The number of ether oxygens (including phenoxy) is 2. The van der Waals surface area contributed by atoms with E-state index in [9.17, 15) is 9.59 Å². The lowest BCUT2D eigenvalue weighted by molar-refractivity contribution is -0.134. The molecule has 6 heteroatoms. The molecule has 0 unspecified atom stereocenters. The lowest BCUT2D eigenvalue weighted by atomic mass is 10.1. The molecule has 0 aliphatic rings. The number of nitrogens with two attached hydrogens (primary N) is 1. The second-order valence-corrected chi connectivity index (χ2v) is 3.34. The first-order chi connectivity index (χ1) is 7.99. The summed E-state index contributed by atoms with van der Waals surface area (Å²) in [5.74, 6) is -0.917. The van der Waals surface area contributed by atoms with Gasteiger partial charge in [0.2, 0.25) is 0 Å². The topological polar surface area (TPSA) is 90.6 Å². The molecule has 0 aliphatic carbocycles. The minimum atomic E-state index is -1.04. The summed E-state index contributed by atoms with van der Waals surface area (Å²) in [6.07, 6.45) is 0. The van der Waals surface area contributed by atoms with Gasteiger partial charge in [-0.1, -0.05) is 0 Å². The van der Waals surface area contributed by atoms with Crippen molar-refractivity contribution in [3.05, 3.63) is 17.7 Å². The first-order valence-electron chi connectivity index (χ1n) is 4.83. The first-order valence-corrected chi connectivity index (χ1v) is 4.83. The second kappa shape index (κ2) is 5.20. The van der Waals surface area contributed by atoms with Crippen LogP contribution in [0.2, 0.25) is 0 Å². The number of primary amides is 1. The second-order valence-electron chi connectivity index (χ2n) is 3.34. The molecule has 1 aromatic rings. The number of hydrogen-bond donors (Lipinski definition) is 2. The molecule has 92 valence electrons. The minimum absolute atomic E-state index is 0.450. The Balaban J connectivity index is 3.08. The summed E-state index contributed by atoms with van der Waals surface area (Å²) in [7, 11) is 2.99. The maximum Gasteiger partial charge on any atom is 0.313 e. The Morgan fingerprint density at radius 3 is 2.18 bits per heavy atom. The molecule has 1 rings (SSSR count). The van der Waals surface area contributed by atoms with E-state index in [1.807, 2.05) is 0 Å². The Labute approximate surface area is 98.7 Å². The number of aryl methyl sites for hydroxylation is 1. The molecule has 0 atom stereocenters. The standard InChI is InChI=1S/C11H14N2O4/c1-6-4-8(16-2)9(17-3)5-7(6)13-11(15)10(12)14/h4-5H,1-3H3,(H2,12,14)(H,13,15). The molecule has 0 saturated carbocycles. The van der Waals surface area contributed by atoms with Crippen molar-refractivity contribution in [1.82, 2.24) is 0 Å². The maximum absolute atomic E-state index is 11.2. The zero-order valence-corrected chi connectivity index (χ0v) is 9.87. The SMILES string of the molecule is COc1cc(C)c(NC(=O)C(N)=O)cc1OC. The number of amides is 2. The third-order valence-corrected chi connectivity index (χ3v) is 2.20. The Morgan fingerprint density at radius 2 is 1.71 bits per heavy atom. The molecular formula is C11H14N2O4. The predicted molar refractivity (Wildman–Crippen MR) is 62.1 cm³/mol. The highest BCUT2D eigenvalue weighted by Gasteiger charge is 2.13. The predicted octanol–water partition coefficient (Wildman–Crippen LogP) is 0.436. The molecule has 2 amide bonds. The summed E-state index contributed by atoms with van der Waals surface area (Å²) in [6, 6.07) is 3.25. The van der Waals surface area contributed by atoms with Crippen LogP contribution >= 0.6 is 0 Å². The average Bonchev–Trinajstić information content (AvgIpc) is 2.30. The van der Waals surface area contributed by atoms with Gasteiger partial charge in [-0.3, -0.25) is 9.59 Å². The van der Waals surface area contributed by atoms with Gasteiger partial charge in [0.15, 0.2) is 11.5 Å². The van der Waals surface area contributed by atoms with Crippen molar-refractivity contribution in [3.63, 3.8) is 0 Å². The Morgan fingerprint density at radius 1 is 1.18 bits per heavy atom. The fourth-order valence-electron chi connectivity index (χ4n) is 1.30. The third kappa shape index (κ3) is 2.87. The molecule has 0 heterocycles. The zero-order chi connectivity index (χ0) is 13.0. The van der Waals surface area contributed by atoms with Crippen LogP contribution in [0, 0.1) is 6.92 Å². The van der Waals surface area contributed by atoms with Crippen LogP contribution in [0.25, 0.3) is 0 Å². The van der Waals surface area contributed by atoms with Gasteiger partial charge < -0.3 is 20.5 Å². The Hall–Kier alpha value is -2.24. The van der Waals surface area contributed by atoms with Gasteiger partial charge in [-0.2, -0.15) is 0 Å². The minimum Gasteiger partial charge on any atom is -0.493 e. The van der Waals surface area contributed by atoms with E-state index in [2.05, 4.69) is 5.32 Å². The van der Waals surface area contributed by atoms with Crippen molar-refractivity contribution < 1.29 is 19.1 Å². The summed E-state index contributed by atoms with van der Waals surface area (Å²) < 4.78 is 10.2. The van der Waals surface area contributed by atoms with Crippen molar-refractivity contribution in [1.29, 1.82) is 0 Å². The van der Waals surface area contributed by atoms with E-state index in [0.29, 0.717) is 17.2 Å². The molecule has 6 nitrogen and oxygen atoms in total. The molecule has 0 radical (unpaired) electrons. The molecule has 1 aromatic carbocycles. The van der Waals surface area contributed by atoms with Crippen LogP contribution in [0.15, 0.2) is 12.1 Å². The van der Waals surface area contributed by atoms with Crippen molar-refractivity contribution in [3.8, 4) is 11.5 Å². The molecule has 0 aromatic heterocycles. The Bertz CT molecular complexity index is 457. The smallest absolute Gasteiger partial charge is 0.313 e. The van der Waals surface area contributed by atoms with Crippen molar-refractivity contribution in [2.75, 3.05) is 19.5 Å². The number of rotatable bonds is 3. The van der Waals surface area contributed by atoms with Gasteiger partial charge in [-0.15, -0.1) is 0 Å². The van der Waals surface area contributed by atoms with Crippen LogP contribution in [0.3, 0.4) is 0 Å². The lowest BCUT2D eigenvalue weighted by Crippen LogP contribution is -2.29. The molecule has 0 saturated heterocycles. The van der Waals surface area contributed by atoms with Gasteiger partial charge in [0, 0.05) is 11.8 Å². The van der Waals surface area contributed by atoms with Crippen molar-refractivity contribution in [2.24, 2.45) is 5.73 Å². The van der Waals surface area contributed by atoms with Crippen LogP contribution in [0.5, 0.6) is 11.5 Å². The number of methoxy groups -OCH3 is 2. The van der Waals surface area contributed by atoms with E-state index < -0.39 is 11.8 Å². The molecule has 0 fully saturated rings. The molecule has 0 bridgehead atoms. The third-order valence-electron chi connectivity index (χ3n) is 2.20. The van der Waals surface area contributed by atoms with E-state index in [0.717, 1.165) is 5.56 Å². The number of carbonyl (C=O) groups is 2. The highest BCUT2D eigenvalue weighted by Crippen LogP contribution is 2.32. The fraction of sp³-hybridized carbons (Fsp3) is 0.273. The van der Waals surface area contributed by atoms with E-state index in [4.69, 9.17) is 15.2 Å². The van der Waals surface area contributed by atoms with Crippen LogP contribution in [-0.2, 0) is 9.59 Å². The normalized spacial score (nSPS) is 9.59. The molecule has 3 N–H and O–H groups in total. The van der Waals surface area contributed by atoms with Crippen molar-refractivity contribution in [2.45, 2.75) is 6.92 Å². The quantitative estimate of drug-likeness (QED) is 0.747. The summed E-state index contributed by atoms with van der Waals surface area (Å²) in [5.41, 5.74) is 6.04. The monoisotopic (exact) mass is 238 g/mol. The molecule has 0 aliphatic heterocycles. The van der Waals surface area contributed by atoms with Gasteiger partial charge >= 0.3 is 11.8 Å². The van der Waals surface area contributed by atoms with Gasteiger partial charge in [0.05, 0.1) is 14.2 Å². The van der Waals surface area contributed by atoms with Gasteiger partial charge in [-0.25, -0.2) is 0 Å². The molecular weight excluding hydrogens is 224 g/mol. The number of anilines is 1. The van der Waals surface area contributed by atoms with Gasteiger partial charge in [0.25, 0.3) is 0 Å². The number of nitrogens with one attached hydrogen (secondary N) is 1. The van der Waals surface area contributed by atoms with E-state index >= 15 is 0 Å². The van der Waals surface area contributed by atoms with Crippen LogP contribution in [0.1, 0.15) is 5.56 Å². The summed E-state index contributed by atoms with van der Waals surface area (Å²) in [4.78, 5) is 21.8. The largest absolute Gasteiger partial charge is 0.493 e. The van der Waals surface area contributed by atoms with Crippen LogP contribution in [0.4, 0.5) is 5.69 Å². The number of hydrogen-bond acceptors (Lipinski definition) is 4. The summed E-state index contributed by atoms with van der Waals surface area (Å²) in [6.45, 7) is 1.76. The average molecular weight is 238 g/mol. The molecule has 17 heavy (non-hydrogen) atoms. The maximum atomic E-state index is 11.2. The van der Waals surface area contributed by atoms with E-state index in [1.54, 1.807) is 19.1 Å². The highest BCUT2D eigenvalue weighted by molar-refractivity contribution is 6.39. The fourth-order valence-corrected chi connectivity index (χ4v) is 1.30. The van der Waals surface area contributed by atoms with E-state index in [-0.39, 0.29) is 0 Å². The van der Waals surface area contributed by atoms with Gasteiger partial charge in [-0.05, 0) is 18.6 Å². The van der Waals surface area contributed by atoms with E-state index in [1.165, 1.54) is 14.2 Å². The molecule has 0 spiro atoms. The van der Waals surface area contributed by atoms with Crippen LogP contribution < -0.4 is 20.5 Å². The zero-order valence-electron chi connectivity index (χ0n) is 9.87. The Kier molecular flexibility index (Phi) is 3.92. The van der Waals surface area contributed by atoms with Crippen molar-refractivity contribution >= 4 is 17.5 Å². The lowest BCUT2D eigenvalue weighted by Gasteiger charge is -2.12. The van der Waals surface area contributed by atoms with Crippen LogP contribution in [-0.4, -0.2) is 26.0 Å².